The normalized spacial score (nSPS) is 22.9. The highest BCUT2D eigenvalue weighted by Gasteiger charge is 2.29. The molecule has 4 nitrogen and oxygen atoms in total. The predicted molar refractivity (Wildman–Crippen MR) is 71.6 cm³/mol. The van der Waals surface area contributed by atoms with Crippen molar-refractivity contribution in [1.82, 2.24) is 4.90 Å². The Morgan fingerprint density at radius 1 is 1.44 bits per heavy atom. The van der Waals surface area contributed by atoms with E-state index < -0.39 is 0 Å². The fraction of sp³-hybridized carbons (Fsp3) is 0.538. The molecule has 3 N–H and O–H groups in total. The first-order valence-corrected chi connectivity index (χ1v) is 6.54. The highest BCUT2D eigenvalue weighted by Crippen LogP contribution is 2.25. The molecule has 5 heteroatoms. The van der Waals surface area contributed by atoms with Crippen LogP contribution in [0.2, 0.25) is 5.02 Å². The number of ether oxygens (including phenoxy) is 1. The lowest BCUT2D eigenvalue weighted by atomic mass is 10.0. The van der Waals surface area contributed by atoms with Crippen molar-refractivity contribution >= 4 is 11.6 Å². The minimum Gasteiger partial charge on any atom is -0.395 e. The quantitative estimate of drug-likeness (QED) is 0.858. The van der Waals surface area contributed by atoms with Crippen molar-refractivity contribution in [2.24, 2.45) is 5.73 Å². The second-order valence-corrected chi connectivity index (χ2v) is 4.89. The Hall–Kier alpha value is -0.650. The number of halogens is 1. The Kier molecular flexibility index (Phi) is 4.97. The summed E-state index contributed by atoms with van der Waals surface area (Å²) < 4.78 is 5.39. The van der Waals surface area contributed by atoms with E-state index in [4.69, 9.17) is 22.1 Å². The first-order valence-electron chi connectivity index (χ1n) is 6.16. The molecular weight excluding hydrogens is 252 g/mol. The Morgan fingerprint density at radius 2 is 2.17 bits per heavy atom. The number of hydrogen-bond acceptors (Lipinski definition) is 4. The predicted octanol–water partition coefficient (Wildman–Crippen LogP) is 1.03. The molecule has 1 aliphatic rings. The fourth-order valence-corrected chi connectivity index (χ4v) is 2.51. The van der Waals surface area contributed by atoms with Crippen molar-refractivity contribution in [3.63, 3.8) is 0 Å². The molecule has 1 fully saturated rings. The van der Waals surface area contributed by atoms with Crippen LogP contribution in [0.15, 0.2) is 24.3 Å². The molecule has 0 radical (unpaired) electrons. The molecule has 0 amide bonds. The molecule has 0 bridgehead atoms. The molecule has 1 aliphatic heterocycles. The number of aliphatic hydroxyl groups is 1. The summed E-state index contributed by atoms with van der Waals surface area (Å²) in [6, 6.07) is 7.83. The van der Waals surface area contributed by atoms with Crippen molar-refractivity contribution < 1.29 is 9.84 Å². The molecule has 0 saturated carbocycles. The van der Waals surface area contributed by atoms with E-state index in [1.54, 1.807) is 0 Å². The molecule has 1 heterocycles. The number of morpholine rings is 1. The minimum absolute atomic E-state index is 0.0166. The summed E-state index contributed by atoms with van der Waals surface area (Å²) in [5.74, 6) is 0. The van der Waals surface area contributed by atoms with Crippen LogP contribution in [0, 0.1) is 0 Å². The fourth-order valence-electron chi connectivity index (χ4n) is 2.38. The first kappa shape index (κ1) is 13.8. The standard InChI is InChI=1S/C13H19ClN2O2/c14-11-3-1-10(2-4-11)13(7-15)16-5-6-18-9-12(16)8-17/h1-4,12-13,17H,5-9,15H2. The van der Waals surface area contributed by atoms with Crippen molar-refractivity contribution in [3.8, 4) is 0 Å². The summed E-state index contributed by atoms with van der Waals surface area (Å²) in [6.07, 6.45) is 0. The molecule has 2 rings (SSSR count). The van der Waals surface area contributed by atoms with E-state index in [0.29, 0.717) is 19.8 Å². The van der Waals surface area contributed by atoms with Gasteiger partial charge in [-0.15, -0.1) is 0 Å². The summed E-state index contributed by atoms with van der Waals surface area (Å²) in [6.45, 7) is 2.62. The largest absolute Gasteiger partial charge is 0.395 e. The van der Waals surface area contributed by atoms with Gasteiger partial charge in [-0.2, -0.15) is 0 Å². The maximum Gasteiger partial charge on any atom is 0.0645 e. The van der Waals surface area contributed by atoms with Crippen LogP contribution in [-0.2, 0) is 4.74 Å². The lowest BCUT2D eigenvalue weighted by Crippen LogP contribution is -2.50. The monoisotopic (exact) mass is 270 g/mol. The zero-order chi connectivity index (χ0) is 13.0. The summed E-state index contributed by atoms with van der Waals surface area (Å²) >= 11 is 5.90. The van der Waals surface area contributed by atoms with E-state index in [-0.39, 0.29) is 18.7 Å². The van der Waals surface area contributed by atoms with Crippen LogP contribution < -0.4 is 5.73 Å². The van der Waals surface area contributed by atoms with Crippen LogP contribution in [0.25, 0.3) is 0 Å². The maximum atomic E-state index is 9.41. The van der Waals surface area contributed by atoms with Crippen molar-refractivity contribution in [3.05, 3.63) is 34.9 Å². The molecule has 0 spiro atoms. The van der Waals surface area contributed by atoms with Gasteiger partial charge in [0.15, 0.2) is 0 Å². The summed E-state index contributed by atoms with van der Waals surface area (Å²) in [5, 5.41) is 10.1. The SMILES string of the molecule is NCC(c1ccc(Cl)cc1)N1CCOCC1CO. The van der Waals surface area contributed by atoms with Gasteiger partial charge < -0.3 is 15.6 Å². The Balaban J connectivity index is 2.18. The smallest absolute Gasteiger partial charge is 0.0645 e. The molecule has 2 unspecified atom stereocenters. The van der Waals surface area contributed by atoms with E-state index >= 15 is 0 Å². The Bertz CT molecular complexity index is 372. The molecule has 1 aromatic carbocycles. The van der Waals surface area contributed by atoms with Crippen molar-refractivity contribution in [2.45, 2.75) is 12.1 Å². The van der Waals surface area contributed by atoms with Crippen molar-refractivity contribution in [2.75, 3.05) is 32.9 Å². The third-order valence-corrected chi connectivity index (χ3v) is 3.61. The number of rotatable bonds is 4. The molecule has 0 aliphatic carbocycles. The van der Waals surface area contributed by atoms with Crippen LogP contribution in [0.5, 0.6) is 0 Å². The average Bonchev–Trinajstić information content (AvgIpc) is 2.42. The summed E-state index contributed by atoms with van der Waals surface area (Å²) in [4.78, 5) is 2.22. The van der Waals surface area contributed by atoms with Gasteiger partial charge in [-0.1, -0.05) is 23.7 Å². The first-order chi connectivity index (χ1) is 8.76. The molecule has 18 heavy (non-hydrogen) atoms. The van der Waals surface area contributed by atoms with Gasteiger partial charge in [-0.3, -0.25) is 4.90 Å². The van der Waals surface area contributed by atoms with Gasteiger partial charge in [-0.25, -0.2) is 0 Å². The highest BCUT2D eigenvalue weighted by atomic mass is 35.5. The molecule has 1 aromatic rings. The van der Waals surface area contributed by atoms with Gasteiger partial charge in [0.2, 0.25) is 0 Å². The van der Waals surface area contributed by atoms with Gasteiger partial charge in [0.25, 0.3) is 0 Å². The lowest BCUT2D eigenvalue weighted by molar-refractivity contribution is -0.0463. The van der Waals surface area contributed by atoms with E-state index in [2.05, 4.69) is 4.90 Å². The number of aliphatic hydroxyl groups excluding tert-OH is 1. The van der Waals surface area contributed by atoms with Crippen LogP contribution in [0.4, 0.5) is 0 Å². The Morgan fingerprint density at radius 3 is 2.78 bits per heavy atom. The number of nitrogens with two attached hydrogens (primary N) is 1. The minimum atomic E-state index is 0.0166. The van der Waals surface area contributed by atoms with E-state index in [9.17, 15) is 5.11 Å². The van der Waals surface area contributed by atoms with Gasteiger partial charge >= 0.3 is 0 Å². The van der Waals surface area contributed by atoms with E-state index in [1.165, 1.54) is 0 Å². The second-order valence-electron chi connectivity index (χ2n) is 4.45. The zero-order valence-corrected chi connectivity index (χ0v) is 11.0. The maximum absolute atomic E-state index is 9.41. The van der Waals surface area contributed by atoms with E-state index in [1.807, 2.05) is 24.3 Å². The van der Waals surface area contributed by atoms with Gasteiger partial charge in [0, 0.05) is 24.2 Å². The van der Waals surface area contributed by atoms with Crippen LogP contribution in [-0.4, -0.2) is 49.0 Å². The number of nitrogens with zero attached hydrogens (tertiary/aromatic N) is 1. The third kappa shape index (κ3) is 3.02. The van der Waals surface area contributed by atoms with Crippen LogP contribution >= 0.6 is 11.6 Å². The molecule has 100 valence electrons. The molecular formula is C13H19ClN2O2. The molecule has 1 saturated heterocycles. The zero-order valence-electron chi connectivity index (χ0n) is 10.3. The van der Waals surface area contributed by atoms with Gasteiger partial charge in [0.1, 0.15) is 0 Å². The number of benzene rings is 1. The summed E-state index contributed by atoms with van der Waals surface area (Å²) in [5.41, 5.74) is 7.02. The summed E-state index contributed by atoms with van der Waals surface area (Å²) in [7, 11) is 0. The second kappa shape index (κ2) is 6.50. The Labute approximate surface area is 112 Å². The van der Waals surface area contributed by atoms with Gasteiger partial charge in [-0.05, 0) is 17.7 Å². The van der Waals surface area contributed by atoms with E-state index in [0.717, 1.165) is 17.1 Å². The van der Waals surface area contributed by atoms with Crippen LogP contribution in [0.1, 0.15) is 11.6 Å². The highest BCUT2D eigenvalue weighted by molar-refractivity contribution is 6.30. The number of hydrogen-bond donors (Lipinski definition) is 2. The van der Waals surface area contributed by atoms with Gasteiger partial charge in [0.05, 0.1) is 25.9 Å². The molecule has 0 aromatic heterocycles. The average molecular weight is 271 g/mol. The topological polar surface area (TPSA) is 58.7 Å². The van der Waals surface area contributed by atoms with Crippen molar-refractivity contribution in [1.29, 1.82) is 0 Å². The molecule has 2 atom stereocenters. The van der Waals surface area contributed by atoms with Crippen LogP contribution in [0.3, 0.4) is 0 Å². The lowest BCUT2D eigenvalue weighted by Gasteiger charge is -2.40. The third-order valence-electron chi connectivity index (χ3n) is 3.36.